The summed E-state index contributed by atoms with van der Waals surface area (Å²) in [4.78, 5) is 28.6. The van der Waals surface area contributed by atoms with Crippen LogP contribution in [0.3, 0.4) is 0 Å². The van der Waals surface area contributed by atoms with Crippen molar-refractivity contribution in [3.8, 4) is 0 Å². The van der Waals surface area contributed by atoms with Gasteiger partial charge in [-0.1, -0.05) is 42.5 Å². The van der Waals surface area contributed by atoms with Gasteiger partial charge in [0.15, 0.2) is 0 Å². The van der Waals surface area contributed by atoms with E-state index >= 15 is 0 Å². The Morgan fingerprint density at radius 1 is 0.923 bits per heavy atom. The molecule has 5 nitrogen and oxygen atoms in total. The van der Waals surface area contributed by atoms with E-state index in [0.717, 1.165) is 24.2 Å². The SMILES string of the molecule is Cc1ccccc1CNC(=O)CN1CCN(C(=O)c2ccccc2)CC1. The highest BCUT2D eigenvalue weighted by Gasteiger charge is 2.23. The molecule has 0 unspecified atom stereocenters. The molecule has 0 aromatic heterocycles. The van der Waals surface area contributed by atoms with Gasteiger partial charge in [-0.25, -0.2) is 0 Å². The van der Waals surface area contributed by atoms with Crippen molar-refractivity contribution in [2.75, 3.05) is 32.7 Å². The first-order valence-corrected chi connectivity index (χ1v) is 9.01. The summed E-state index contributed by atoms with van der Waals surface area (Å²) in [6.45, 7) is 5.71. The third-order valence-corrected chi connectivity index (χ3v) is 4.78. The summed E-state index contributed by atoms with van der Waals surface area (Å²) < 4.78 is 0. The van der Waals surface area contributed by atoms with E-state index in [1.54, 1.807) is 0 Å². The molecule has 1 aliphatic rings. The van der Waals surface area contributed by atoms with Crippen LogP contribution in [0.2, 0.25) is 0 Å². The van der Waals surface area contributed by atoms with Crippen LogP contribution in [0.1, 0.15) is 21.5 Å². The van der Waals surface area contributed by atoms with Crippen LogP contribution >= 0.6 is 0 Å². The number of carbonyl (C=O) groups excluding carboxylic acids is 2. The van der Waals surface area contributed by atoms with Crippen molar-refractivity contribution < 1.29 is 9.59 Å². The topological polar surface area (TPSA) is 52.7 Å². The molecule has 1 fully saturated rings. The van der Waals surface area contributed by atoms with Crippen LogP contribution in [0.25, 0.3) is 0 Å². The van der Waals surface area contributed by atoms with Crippen molar-refractivity contribution in [3.63, 3.8) is 0 Å². The summed E-state index contributed by atoms with van der Waals surface area (Å²) in [5, 5.41) is 2.99. The lowest BCUT2D eigenvalue weighted by Gasteiger charge is -2.34. The molecule has 1 heterocycles. The van der Waals surface area contributed by atoms with Gasteiger partial charge in [-0.2, -0.15) is 0 Å². The minimum Gasteiger partial charge on any atom is -0.351 e. The van der Waals surface area contributed by atoms with Gasteiger partial charge in [0.05, 0.1) is 6.54 Å². The first kappa shape index (κ1) is 18.1. The summed E-state index contributed by atoms with van der Waals surface area (Å²) in [6.07, 6.45) is 0. The number of carbonyl (C=O) groups is 2. The Bertz CT molecular complexity index is 753. The summed E-state index contributed by atoms with van der Waals surface area (Å²) >= 11 is 0. The van der Waals surface area contributed by atoms with Gasteiger partial charge in [0.25, 0.3) is 5.91 Å². The Hall–Kier alpha value is -2.66. The van der Waals surface area contributed by atoms with Gasteiger partial charge in [-0.05, 0) is 30.2 Å². The molecule has 5 heteroatoms. The molecular formula is C21H25N3O2. The molecule has 0 spiro atoms. The fraction of sp³-hybridized carbons (Fsp3) is 0.333. The zero-order valence-electron chi connectivity index (χ0n) is 15.1. The van der Waals surface area contributed by atoms with Crippen molar-refractivity contribution in [1.29, 1.82) is 0 Å². The molecule has 0 atom stereocenters. The maximum absolute atomic E-state index is 12.4. The second kappa shape index (κ2) is 8.63. The van der Waals surface area contributed by atoms with Crippen LogP contribution in [0.5, 0.6) is 0 Å². The molecule has 2 aromatic rings. The highest BCUT2D eigenvalue weighted by Crippen LogP contribution is 2.09. The number of nitrogens with one attached hydrogen (secondary N) is 1. The van der Waals surface area contributed by atoms with E-state index in [-0.39, 0.29) is 11.8 Å². The summed E-state index contributed by atoms with van der Waals surface area (Å²) in [5.41, 5.74) is 3.04. The molecule has 0 saturated carbocycles. The van der Waals surface area contributed by atoms with E-state index in [9.17, 15) is 9.59 Å². The highest BCUT2D eigenvalue weighted by atomic mass is 16.2. The van der Waals surface area contributed by atoms with Crippen LogP contribution in [0.4, 0.5) is 0 Å². The van der Waals surface area contributed by atoms with E-state index in [2.05, 4.69) is 10.2 Å². The molecule has 1 saturated heterocycles. The predicted molar refractivity (Wildman–Crippen MR) is 102 cm³/mol. The van der Waals surface area contributed by atoms with Crippen LogP contribution < -0.4 is 5.32 Å². The van der Waals surface area contributed by atoms with Gasteiger partial charge >= 0.3 is 0 Å². The van der Waals surface area contributed by atoms with E-state index in [4.69, 9.17) is 0 Å². The summed E-state index contributed by atoms with van der Waals surface area (Å²) in [7, 11) is 0. The van der Waals surface area contributed by atoms with Crippen molar-refractivity contribution in [1.82, 2.24) is 15.1 Å². The first-order valence-electron chi connectivity index (χ1n) is 9.01. The Balaban J connectivity index is 1.43. The van der Waals surface area contributed by atoms with Crippen LogP contribution in [0.15, 0.2) is 54.6 Å². The molecule has 3 rings (SSSR count). The van der Waals surface area contributed by atoms with Crippen LogP contribution in [-0.4, -0.2) is 54.3 Å². The van der Waals surface area contributed by atoms with Crippen molar-refractivity contribution in [2.45, 2.75) is 13.5 Å². The normalized spacial score (nSPS) is 14.9. The number of amides is 2. The maximum atomic E-state index is 12.4. The van der Waals surface area contributed by atoms with Crippen molar-refractivity contribution in [2.24, 2.45) is 0 Å². The fourth-order valence-corrected chi connectivity index (χ4v) is 3.13. The quantitative estimate of drug-likeness (QED) is 0.897. The lowest BCUT2D eigenvalue weighted by Crippen LogP contribution is -2.51. The Morgan fingerprint density at radius 2 is 1.58 bits per heavy atom. The van der Waals surface area contributed by atoms with E-state index in [0.29, 0.717) is 26.2 Å². The molecule has 0 bridgehead atoms. The maximum Gasteiger partial charge on any atom is 0.253 e. The Morgan fingerprint density at radius 3 is 2.27 bits per heavy atom. The molecule has 136 valence electrons. The molecule has 2 amide bonds. The minimum absolute atomic E-state index is 0.0242. The fourth-order valence-electron chi connectivity index (χ4n) is 3.13. The molecule has 0 radical (unpaired) electrons. The number of aryl methyl sites for hydroxylation is 1. The van der Waals surface area contributed by atoms with Gasteiger partial charge in [-0.3, -0.25) is 14.5 Å². The zero-order chi connectivity index (χ0) is 18.4. The molecule has 1 N–H and O–H groups in total. The molecule has 1 aliphatic heterocycles. The Kier molecular flexibility index (Phi) is 6.02. The summed E-state index contributed by atoms with van der Waals surface area (Å²) in [5.74, 6) is 0.0883. The van der Waals surface area contributed by atoms with Gasteiger partial charge in [0.2, 0.25) is 5.91 Å². The second-order valence-electron chi connectivity index (χ2n) is 6.64. The molecular weight excluding hydrogens is 326 g/mol. The van der Waals surface area contributed by atoms with Gasteiger partial charge in [-0.15, -0.1) is 0 Å². The Labute approximate surface area is 154 Å². The zero-order valence-corrected chi connectivity index (χ0v) is 15.1. The third kappa shape index (κ3) is 4.70. The monoisotopic (exact) mass is 351 g/mol. The average molecular weight is 351 g/mol. The molecule has 26 heavy (non-hydrogen) atoms. The minimum atomic E-state index is 0.0242. The smallest absolute Gasteiger partial charge is 0.253 e. The van der Waals surface area contributed by atoms with Crippen molar-refractivity contribution >= 4 is 11.8 Å². The lowest BCUT2D eigenvalue weighted by atomic mass is 10.1. The van der Waals surface area contributed by atoms with Crippen LogP contribution in [0, 0.1) is 6.92 Å². The van der Waals surface area contributed by atoms with E-state index in [1.165, 1.54) is 5.56 Å². The van der Waals surface area contributed by atoms with Gasteiger partial charge < -0.3 is 10.2 Å². The third-order valence-electron chi connectivity index (χ3n) is 4.78. The first-order chi connectivity index (χ1) is 12.6. The molecule has 0 aliphatic carbocycles. The van der Waals surface area contributed by atoms with Gasteiger partial charge in [0.1, 0.15) is 0 Å². The summed E-state index contributed by atoms with van der Waals surface area (Å²) in [6, 6.07) is 17.4. The highest BCUT2D eigenvalue weighted by molar-refractivity contribution is 5.94. The number of hydrogen-bond acceptors (Lipinski definition) is 3. The number of benzene rings is 2. The van der Waals surface area contributed by atoms with E-state index in [1.807, 2.05) is 66.4 Å². The standard InChI is InChI=1S/C21H25N3O2/c1-17-7-5-6-10-19(17)15-22-20(25)16-23-11-13-24(14-12-23)21(26)18-8-3-2-4-9-18/h2-10H,11-16H2,1H3,(H,22,25). The van der Waals surface area contributed by atoms with Crippen LogP contribution in [-0.2, 0) is 11.3 Å². The molecule has 2 aromatic carbocycles. The average Bonchev–Trinajstić information content (AvgIpc) is 2.68. The second-order valence-corrected chi connectivity index (χ2v) is 6.64. The lowest BCUT2D eigenvalue weighted by molar-refractivity contribution is -0.122. The number of rotatable bonds is 5. The predicted octanol–water partition coefficient (Wildman–Crippen LogP) is 2.07. The number of piperazine rings is 1. The number of hydrogen-bond donors (Lipinski definition) is 1. The number of nitrogens with zero attached hydrogens (tertiary/aromatic N) is 2. The van der Waals surface area contributed by atoms with Gasteiger partial charge in [0, 0.05) is 38.3 Å². The largest absolute Gasteiger partial charge is 0.351 e. The van der Waals surface area contributed by atoms with E-state index < -0.39 is 0 Å². The van der Waals surface area contributed by atoms with Crippen molar-refractivity contribution in [3.05, 3.63) is 71.3 Å².